The van der Waals surface area contributed by atoms with Crippen molar-refractivity contribution >= 4 is 11.7 Å². The van der Waals surface area contributed by atoms with Gasteiger partial charge in [0.25, 0.3) is 5.69 Å². The number of carbonyl (C=O) groups excluding carboxylic acids is 1. The van der Waals surface area contributed by atoms with Gasteiger partial charge < -0.3 is 4.74 Å². The van der Waals surface area contributed by atoms with Gasteiger partial charge in [0.15, 0.2) is 5.69 Å². The SMILES string of the molecule is CCCCOC(=O)c1ccn(-c2cccc([N+](=O)[O-])c2)n1. The second-order valence-corrected chi connectivity index (χ2v) is 4.41. The molecule has 2 rings (SSSR count). The Morgan fingerprint density at radius 3 is 2.95 bits per heavy atom. The molecule has 21 heavy (non-hydrogen) atoms. The standard InChI is InChI=1S/C14H15N3O4/c1-2-3-9-21-14(18)13-7-8-16(15-13)11-5-4-6-12(10-11)17(19)20/h4-8,10H,2-3,9H2,1H3. The number of ether oxygens (including phenoxy) is 1. The van der Waals surface area contributed by atoms with E-state index in [2.05, 4.69) is 5.10 Å². The van der Waals surface area contributed by atoms with Gasteiger partial charge in [-0.15, -0.1) is 0 Å². The Labute approximate surface area is 121 Å². The van der Waals surface area contributed by atoms with E-state index in [1.807, 2.05) is 6.92 Å². The van der Waals surface area contributed by atoms with E-state index in [9.17, 15) is 14.9 Å². The monoisotopic (exact) mass is 289 g/mol. The predicted octanol–water partition coefficient (Wildman–Crippen LogP) is 2.74. The zero-order valence-electron chi connectivity index (χ0n) is 11.6. The summed E-state index contributed by atoms with van der Waals surface area (Å²) in [6, 6.07) is 7.54. The van der Waals surface area contributed by atoms with Gasteiger partial charge in [0.05, 0.1) is 17.2 Å². The molecule has 0 atom stereocenters. The Balaban J connectivity index is 2.14. The minimum Gasteiger partial charge on any atom is -0.461 e. The van der Waals surface area contributed by atoms with Crippen molar-refractivity contribution in [2.75, 3.05) is 6.61 Å². The summed E-state index contributed by atoms with van der Waals surface area (Å²) >= 11 is 0. The highest BCUT2D eigenvalue weighted by molar-refractivity contribution is 5.87. The van der Waals surface area contributed by atoms with Crippen LogP contribution in [0.2, 0.25) is 0 Å². The second kappa shape index (κ2) is 6.65. The van der Waals surface area contributed by atoms with Crippen LogP contribution in [-0.4, -0.2) is 27.3 Å². The first-order chi connectivity index (χ1) is 10.1. The van der Waals surface area contributed by atoms with Gasteiger partial charge in [0.1, 0.15) is 0 Å². The van der Waals surface area contributed by atoms with Crippen molar-refractivity contribution in [1.29, 1.82) is 0 Å². The third-order valence-corrected chi connectivity index (χ3v) is 2.83. The maximum absolute atomic E-state index is 11.7. The fraction of sp³-hybridized carbons (Fsp3) is 0.286. The molecule has 7 heteroatoms. The Morgan fingerprint density at radius 1 is 1.43 bits per heavy atom. The third-order valence-electron chi connectivity index (χ3n) is 2.83. The van der Waals surface area contributed by atoms with Crippen LogP contribution in [0.15, 0.2) is 36.5 Å². The zero-order valence-corrected chi connectivity index (χ0v) is 11.6. The summed E-state index contributed by atoms with van der Waals surface area (Å²) in [4.78, 5) is 22.0. The van der Waals surface area contributed by atoms with E-state index in [-0.39, 0.29) is 11.4 Å². The first-order valence-corrected chi connectivity index (χ1v) is 6.59. The number of non-ortho nitro benzene ring substituents is 1. The summed E-state index contributed by atoms with van der Waals surface area (Å²) in [7, 11) is 0. The van der Waals surface area contributed by atoms with Gasteiger partial charge >= 0.3 is 5.97 Å². The lowest BCUT2D eigenvalue weighted by atomic mass is 10.3. The maximum Gasteiger partial charge on any atom is 0.358 e. The third kappa shape index (κ3) is 3.65. The summed E-state index contributed by atoms with van der Waals surface area (Å²) < 4.78 is 6.46. The fourth-order valence-corrected chi connectivity index (χ4v) is 1.71. The largest absolute Gasteiger partial charge is 0.461 e. The van der Waals surface area contributed by atoms with Crippen molar-refractivity contribution < 1.29 is 14.5 Å². The van der Waals surface area contributed by atoms with E-state index in [1.165, 1.54) is 22.9 Å². The van der Waals surface area contributed by atoms with E-state index >= 15 is 0 Å². The number of unbranched alkanes of at least 4 members (excludes halogenated alkanes) is 1. The molecule has 2 aromatic rings. The highest BCUT2D eigenvalue weighted by atomic mass is 16.6. The molecule has 0 aliphatic carbocycles. The fourth-order valence-electron chi connectivity index (χ4n) is 1.71. The van der Waals surface area contributed by atoms with Crippen LogP contribution in [0.25, 0.3) is 5.69 Å². The van der Waals surface area contributed by atoms with Crippen LogP contribution in [0, 0.1) is 10.1 Å². The molecule has 1 aromatic heterocycles. The van der Waals surface area contributed by atoms with Crippen molar-refractivity contribution in [3.05, 3.63) is 52.3 Å². The first-order valence-electron chi connectivity index (χ1n) is 6.59. The predicted molar refractivity (Wildman–Crippen MR) is 75.4 cm³/mol. The minimum absolute atomic E-state index is 0.0323. The van der Waals surface area contributed by atoms with Crippen LogP contribution >= 0.6 is 0 Å². The number of aromatic nitrogens is 2. The zero-order chi connectivity index (χ0) is 15.2. The number of carbonyl (C=O) groups is 1. The average molecular weight is 289 g/mol. The Morgan fingerprint density at radius 2 is 2.24 bits per heavy atom. The van der Waals surface area contributed by atoms with E-state index in [1.54, 1.807) is 18.3 Å². The topological polar surface area (TPSA) is 87.3 Å². The van der Waals surface area contributed by atoms with Gasteiger partial charge in [-0.05, 0) is 18.6 Å². The van der Waals surface area contributed by atoms with Gasteiger partial charge in [0, 0.05) is 18.3 Å². The number of nitrogens with zero attached hydrogens (tertiary/aromatic N) is 3. The van der Waals surface area contributed by atoms with Gasteiger partial charge in [0.2, 0.25) is 0 Å². The number of nitro benzene ring substituents is 1. The molecule has 0 radical (unpaired) electrons. The second-order valence-electron chi connectivity index (χ2n) is 4.41. The van der Waals surface area contributed by atoms with Gasteiger partial charge in [-0.2, -0.15) is 5.10 Å². The van der Waals surface area contributed by atoms with E-state index in [4.69, 9.17) is 4.74 Å². The van der Waals surface area contributed by atoms with Crippen molar-refractivity contribution in [3.63, 3.8) is 0 Å². The van der Waals surface area contributed by atoms with Crippen LogP contribution in [-0.2, 0) is 4.74 Å². The van der Waals surface area contributed by atoms with Gasteiger partial charge in [-0.3, -0.25) is 10.1 Å². The summed E-state index contributed by atoms with van der Waals surface area (Å²) in [5, 5.41) is 14.8. The van der Waals surface area contributed by atoms with Crippen LogP contribution in [0.4, 0.5) is 5.69 Å². The van der Waals surface area contributed by atoms with Crippen molar-refractivity contribution in [2.24, 2.45) is 0 Å². The summed E-state index contributed by atoms with van der Waals surface area (Å²) in [6.07, 6.45) is 3.31. The minimum atomic E-state index is -0.493. The highest BCUT2D eigenvalue weighted by Gasteiger charge is 2.13. The summed E-state index contributed by atoms with van der Waals surface area (Å²) in [6.45, 7) is 2.36. The molecule has 0 amide bonds. The van der Waals surface area contributed by atoms with Crippen LogP contribution in [0.1, 0.15) is 30.3 Å². The first kappa shape index (κ1) is 14.7. The molecule has 1 aromatic carbocycles. The molecule has 0 spiro atoms. The number of rotatable bonds is 6. The van der Waals surface area contributed by atoms with Crippen molar-refractivity contribution in [2.45, 2.75) is 19.8 Å². The molecule has 110 valence electrons. The van der Waals surface area contributed by atoms with E-state index < -0.39 is 10.9 Å². The van der Waals surface area contributed by atoms with E-state index in [0.29, 0.717) is 12.3 Å². The normalized spacial score (nSPS) is 10.3. The molecule has 0 fully saturated rings. The molecule has 7 nitrogen and oxygen atoms in total. The van der Waals surface area contributed by atoms with Crippen LogP contribution in [0.5, 0.6) is 0 Å². The summed E-state index contributed by atoms with van der Waals surface area (Å²) in [5.41, 5.74) is 0.657. The van der Waals surface area contributed by atoms with Crippen molar-refractivity contribution in [1.82, 2.24) is 9.78 Å². The molecular formula is C14H15N3O4. The van der Waals surface area contributed by atoms with Crippen LogP contribution in [0.3, 0.4) is 0 Å². The molecular weight excluding hydrogens is 274 g/mol. The number of benzene rings is 1. The van der Waals surface area contributed by atoms with Gasteiger partial charge in [-0.25, -0.2) is 9.48 Å². The van der Waals surface area contributed by atoms with Crippen LogP contribution < -0.4 is 0 Å². The van der Waals surface area contributed by atoms with Gasteiger partial charge in [-0.1, -0.05) is 19.4 Å². The lowest BCUT2D eigenvalue weighted by Crippen LogP contribution is -2.08. The molecule has 0 aliphatic heterocycles. The highest BCUT2D eigenvalue weighted by Crippen LogP contribution is 2.16. The van der Waals surface area contributed by atoms with Crippen molar-refractivity contribution in [3.8, 4) is 5.69 Å². The number of esters is 1. The maximum atomic E-state index is 11.7. The molecule has 1 heterocycles. The van der Waals surface area contributed by atoms with E-state index in [0.717, 1.165) is 12.8 Å². The molecule has 0 saturated heterocycles. The summed E-state index contributed by atoms with van der Waals surface area (Å²) in [5.74, 6) is -0.493. The molecule has 0 bridgehead atoms. The quantitative estimate of drug-likeness (QED) is 0.353. The Kier molecular flexibility index (Phi) is 4.65. The molecule has 0 saturated carbocycles. The number of hydrogen-bond acceptors (Lipinski definition) is 5. The smallest absolute Gasteiger partial charge is 0.358 e. The molecule has 0 aliphatic rings. The average Bonchev–Trinajstić information content (AvgIpc) is 2.97. The Hall–Kier alpha value is -2.70. The lowest BCUT2D eigenvalue weighted by molar-refractivity contribution is -0.384. The molecule has 0 N–H and O–H groups in total. The lowest BCUT2D eigenvalue weighted by Gasteiger charge is -2.02. The number of hydrogen-bond donors (Lipinski definition) is 0. The number of nitro groups is 1. The molecule has 0 unspecified atom stereocenters. The Bertz CT molecular complexity index is 651.